The average Bonchev–Trinajstić information content (AvgIpc) is 3.54. The molecule has 14 nitrogen and oxygen atoms in total. The summed E-state index contributed by atoms with van der Waals surface area (Å²) < 4.78 is 56.6. The second kappa shape index (κ2) is 13.5. The Kier molecular flexibility index (Phi) is 10.1. The number of carbonyl (C=O) groups is 1. The molecule has 1 aromatic carbocycles. The first-order valence-corrected chi connectivity index (χ1v) is 13.9. The molecule has 4 atom stereocenters. The number of nitro groups is 1. The zero-order valence-electron chi connectivity index (χ0n) is 25.3. The van der Waals surface area contributed by atoms with Gasteiger partial charge in [0, 0.05) is 24.2 Å². The fourth-order valence-corrected chi connectivity index (χ4v) is 5.13. The Morgan fingerprint density at radius 1 is 1.33 bits per heavy atom. The number of fused-ring (bicyclic) bond motifs is 1. The number of amides is 1. The highest BCUT2D eigenvalue weighted by molar-refractivity contribution is 5.89. The van der Waals surface area contributed by atoms with Crippen molar-refractivity contribution in [1.29, 1.82) is 0 Å². The number of aliphatic hydroxyl groups is 2. The first-order valence-electron chi connectivity index (χ1n) is 13.9. The summed E-state index contributed by atoms with van der Waals surface area (Å²) in [6.45, 7) is 4.30. The molecule has 0 bridgehead atoms. The van der Waals surface area contributed by atoms with E-state index in [4.69, 9.17) is 19.9 Å². The Hall–Kier alpha value is -4.50. The number of nitrogens with one attached hydrogen (secondary N) is 1. The van der Waals surface area contributed by atoms with Crippen LogP contribution in [-0.2, 0) is 20.9 Å². The van der Waals surface area contributed by atoms with Gasteiger partial charge in [-0.1, -0.05) is 32.6 Å². The number of hydrogen-bond donors (Lipinski definition) is 4. The van der Waals surface area contributed by atoms with Crippen molar-refractivity contribution in [2.45, 2.75) is 64.5 Å². The third-order valence-corrected chi connectivity index (χ3v) is 7.25. The fraction of sp³-hybridized carbons (Fsp3) is 0.483. The molecule has 1 aliphatic rings. The molecule has 1 saturated heterocycles. The van der Waals surface area contributed by atoms with E-state index in [0.717, 1.165) is 6.07 Å². The Labute approximate surface area is 260 Å². The predicted octanol–water partition coefficient (Wildman–Crippen LogP) is 2.91. The monoisotopic (exact) mass is 650 g/mol. The highest BCUT2D eigenvalue weighted by Crippen LogP contribution is 2.44. The SMILES string of the molecule is COc1cc([C@@H](OCc2cn([C@H]3C[C@H](O)[C@@H](CO)O3)c3ncnc(N)c23)C(C)(C)C)c([N+](=O)[O-])cc1C#CCNC(=O)C(F)(F)F. The minimum atomic E-state index is -5.08. The van der Waals surface area contributed by atoms with Gasteiger partial charge in [0.25, 0.3) is 5.69 Å². The average molecular weight is 651 g/mol. The number of carbonyl (C=O) groups excluding carboxylic acids is 1. The van der Waals surface area contributed by atoms with Crippen molar-refractivity contribution in [2.24, 2.45) is 5.41 Å². The molecule has 0 saturated carbocycles. The molecule has 46 heavy (non-hydrogen) atoms. The molecule has 3 heterocycles. The maximum atomic E-state index is 12.5. The van der Waals surface area contributed by atoms with E-state index < -0.39 is 53.5 Å². The number of nitrogens with zero attached hydrogens (tertiary/aromatic N) is 4. The molecule has 0 unspecified atom stereocenters. The van der Waals surface area contributed by atoms with E-state index in [-0.39, 0.29) is 48.0 Å². The number of alkyl halides is 3. The van der Waals surface area contributed by atoms with Gasteiger partial charge in [0.15, 0.2) is 0 Å². The van der Waals surface area contributed by atoms with Gasteiger partial charge in [0.1, 0.15) is 35.9 Å². The third-order valence-electron chi connectivity index (χ3n) is 7.25. The lowest BCUT2D eigenvalue weighted by molar-refractivity contribution is -0.386. The lowest BCUT2D eigenvalue weighted by Gasteiger charge is -2.31. The van der Waals surface area contributed by atoms with Crippen LogP contribution in [0.25, 0.3) is 11.0 Å². The molecule has 1 amide bonds. The highest BCUT2D eigenvalue weighted by Gasteiger charge is 2.39. The molecule has 248 valence electrons. The van der Waals surface area contributed by atoms with Crippen molar-refractivity contribution >= 4 is 28.4 Å². The summed E-state index contributed by atoms with van der Waals surface area (Å²) in [6, 6.07) is 2.52. The Morgan fingerprint density at radius 3 is 2.63 bits per heavy atom. The summed E-state index contributed by atoms with van der Waals surface area (Å²) in [5, 5.41) is 34.1. The number of hydrogen-bond acceptors (Lipinski definition) is 11. The van der Waals surface area contributed by atoms with Crippen molar-refractivity contribution in [3.05, 3.63) is 51.5 Å². The zero-order valence-corrected chi connectivity index (χ0v) is 25.3. The second-order valence-electron chi connectivity index (χ2n) is 11.5. The fourth-order valence-electron chi connectivity index (χ4n) is 5.13. The predicted molar refractivity (Wildman–Crippen MR) is 156 cm³/mol. The standard InChI is InChI=1S/C29H33F3N6O8/c1-28(2,3)24(17-9-20(44-4)15(8-18(17)38(42)43)6-5-7-34-27(41)29(30,31)32)45-13-16-11-37(22-10-19(40)21(12-39)46-22)26-23(16)25(33)35-14-36-26/h8-9,11,14,19,21-22,24,39-40H,7,10,12-13H2,1-4H3,(H,34,41)(H2,33,35,36)/t19-,21+,22+,24+/m0/s1. The summed E-state index contributed by atoms with van der Waals surface area (Å²) in [4.78, 5) is 31.1. The van der Waals surface area contributed by atoms with Crippen LogP contribution in [-0.4, -0.2) is 74.2 Å². The molecule has 4 rings (SSSR count). The minimum absolute atomic E-state index is 0.0137. The van der Waals surface area contributed by atoms with Gasteiger partial charge in [-0.3, -0.25) is 14.9 Å². The topological polar surface area (TPSA) is 197 Å². The number of nitrogens with two attached hydrogens (primary N) is 1. The minimum Gasteiger partial charge on any atom is -0.495 e. The lowest BCUT2D eigenvalue weighted by Crippen LogP contribution is -2.36. The number of methoxy groups -OCH3 is 1. The van der Waals surface area contributed by atoms with E-state index in [1.54, 1.807) is 16.1 Å². The van der Waals surface area contributed by atoms with Crippen LogP contribution in [0.15, 0.2) is 24.7 Å². The van der Waals surface area contributed by atoms with Gasteiger partial charge in [0.2, 0.25) is 0 Å². The summed E-state index contributed by atoms with van der Waals surface area (Å²) in [6.07, 6.45) is -5.22. The summed E-state index contributed by atoms with van der Waals surface area (Å²) >= 11 is 0. The number of benzene rings is 1. The molecular formula is C29H33F3N6O8. The first kappa shape index (κ1) is 34.4. The van der Waals surface area contributed by atoms with Crippen molar-refractivity contribution in [2.75, 3.05) is 26.0 Å². The van der Waals surface area contributed by atoms with Gasteiger partial charge in [0.05, 0.1) is 60.5 Å². The maximum Gasteiger partial charge on any atom is 0.471 e. The summed E-state index contributed by atoms with van der Waals surface area (Å²) in [7, 11) is 1.30. The van der Waals surface area contributed by atoms with Crippen LogP contribution in [0.5, 0.6) is 5.75 Å². The van der Waals surface area contributed by atoms with Crippen LogP contribution < -0.4 is 15.8 Å². The van der Waals surface area contributed by atoms with E-state index >= 15 is 0 Å². The molecule has 5 N–H and O–H groups in total. The van der Waals surface area contributed by atoms with Crippen molar-refractivity contribution < 1.29 is 47.3 Å². The van der Waals surface area contributed by atoms with Gasteiger partial charge >= 0.3 is 12.1 Å². The largest absolute Gasteiger partial charge is 0.495 e. The van der Waals surface area contributed by atoms with Crippen molar-refractivity contribution in [3.63, 3.8) is 0 Å². The van der Waals surface area contributed by atoms with E-state index in [2.05, 4.69) is 21.8 Å². The molecule has 0 spiro atoms. The van der Waals surface area contributed by atoms with Crippen LogP contribution in [0.1, 0.15) is 56.2 Å². The number of anilines is 1. The van der Waals surface area contributed by atoms with Crippen LogP contribution in [0.2, 0.25) is 0 Å². The quantitative estimate of drug-likeness (QED) is 0.151. The van der Waals surface area contributed by atoms with Crippen LogP contribution in [0.4, 0.5) is 24.7 Å². The van der Waals surface area contributed by atoms with Crippen LogP contribution in [0.3, 0.4) is 0 Å². The normalized spacial score (nSPS) is 19.0. The van der Waals surface area contributed by atoms with E-state index in [0.29, 0.717) is 16.6 Å². The van der Waals surface area contributed by atoms with Gasteiger partial charge in [-0.25, -0.2) is 9.97 Å². The molecule has 0 radical (unpaired) electrons. The number of aliphatic hydroxyl groups excluding tert-OH is 2. The number of rotatable bonds is 9. The van der Waals surface area contributed by atoms with Gasteiger partial charge in [-0.2, -0.15) is 13.2 Å². The van der Waals surface area contributed by atoms with Crippen LogP contribution in [0, 0.1) is 27.4 Å². The number of nitro benzene ring substituents is 1. The summed E-state index contributed by atoms with van der Waals surface area (Å²) in [5.41, 5.74) is 6.20. The Balaban J connectivity index is 1.69. The highest BCUT2D eigenvalue weighted by atomic mass is 19.4. The maximum absolute atomic E-state index is 12.5. The van der Waals surface area contributed by atoms with Crippen molar-refractivity contribution in [3.8, 4) is 17.6 Å². The van der Waals surface area contributed by atoms with Gasteiger partial charge in [-0.05, 0) is 11.5 Å². The summed E-state index contributed by atoms with van der Waals surface area (Å²) in [5.74, 6) is 2.94. The van der Waals surface area contributed by atoms with Crippen LogP contribution >= 0.6 is 0 Å². The van der Waals surface area contributed by atoms with Crippen molar-refractivity contribution in [1.82, 2.24) is 19.9 Å². The molecule has 1 fully saturated rings. The molecule has 17 heteroatoms. The number of nitrogen functional groups attached to an aromatic ring is 1. The van der Waals surface area contributed by atoms with E-state index in [9.17, 15) is 38.3 Å². The van der Waals surface area contributed by atoms with Gasteiger partial charge in [-0.15, -0.1) is 0 Å². The zero-order chi connectivity index (χ0) is 34.0. The van der Waals surface area contributed by atoms with Gasteiger partial charge < -0.3 is 40.0 Å². The van der Waals surface area contributed by atoms with E-state index in [1.165, 1.54) is 19.5 Å². The lowest BCUT2D eigenvalue weighted by atomic mass is 9.83. The Bertz CT molecular complexity index is 1680. The molecule has 2 aromatic heterocycles. The molecule has 3 aromatic rings. The Morgan fingerprint density at radius 2 is 2.04 bits per heavy atom. The third kappa shape index (κ3) is 7.31. The second-order valence-corrected chi connectivity index (χ2v) is 11.5. The number of halogens is 3. The van der Waals surface area contributed by atoms with E-state index in [1.807, 2.05) is 20.8 Å². The number of ether oxygens (including phenoxy) is 3. The molecule has 1 aliphatic heterocycles. The number of aromatic nitrogens is 3. The molecule has 0 aliphatic carbocycles. The first-order chi connectivity index (χ1) is 21.6. The smallest absolute Gasteiger partial charge is 0.471 e. The molecular weight excluding hydrogens is 617 g/mol.